The highest BCUT2D eigenvalue weighted by Gasteiger charge is 2.34. The largest absolute Gasteiger partial charge is 0.487 e. The number of carbonyl (C=O) groups is 1. The fourth-order valence-corrected chi connectivity index (χ4v) is 3.94. The Morgan fingerprint density at radius 1 is 1.26 bits per heavy atom. The molecule has 0 saturated heterocycles. The van der Waals surface area contributed by atoms with Crippen molar-refractivity contribution in [1.82, 2.24) is 5.32 Å². The number of rotatable bonds is 6. The van der Waals surface area contributed by atoms with Crippen LogP contribution in [0, 0.1) is 10.1 Å². The minimum Gasteiger partial charge on any atom is -0.487 e. The maximum Gasteiger partial charge on any atom is 0.269 e. The first-order valence-corrected chi connectivity index (χ1v) is 9.88. The molecule has 1 aliphatic heterocycles. The number of amides is 1. The first-order valence-electron chi connectivity index (χ1n) is 8.72. The van der Waals surface area contributed by atoms with Crippen molar-refractivity contribution in [2.45, 2.75) is 37.7 Å². The molecule has 7 heteroatoms. The Labute approximate surface area is 162 Å². The molecular formula is C20H22N2O4S. The molecular weight excluding hydrogens is 364 g/mol. The highest BCUT2D eigenvalue weighted by atomic mass is 32.2. The van der Waals surface area contributed by atoms with Crippen molar-refractivity contribution in [2.24, 2.45) is 0 Å². The van der Waals surface area contributed by atoms with Crippen molar-refractivity contribution in [2.75, 3.05) is 5.75 Å². The normalized spacial score (nSPS) is 17.5. The molecule has 0 bridgehead atoms. The zero-order valence-electron chi connectivity index (χ0n) is 15.3. The minimum atomic E-state index is -0.419. The highest BCUT2D eigenvalue weighted by molar-refractivity contribution is 7.99. The Morgan fingerprint density at radius 3 is 2.67 bits per heavy atom. The second kappa shape index (κ2) is 8.00. The predicted octanol–water partition coefficient (Wildman–Crippen LogP) is 4.25. The van der Waals surface area contributed by atoms with E-state index in [-0.39, 0.29) is 23.2 Å². The average molecular weight is 386 g/mol. The third-order valence-corrected chi connectivity index (χ3v) is 5.36. The molecule has 2 aromatic carbocycles. The van der Waals surface area contributed by atoms with Crippen LogP contribution in [0.2, 0.25) is 0 Å². The first kappa shape index (κ1) is 19.2. The van der Waals surface area contributed by atoms with E-state index in [4.69, 9.17) is 4.74 Å². The second-order valence-electron chi connectivity index (χ2n) is 7.14. The second-order valence-corrected chi connectivity index (χ2v) is 8.13. The topological polar surface area (TPSA) is 81.5 Å². The van der Waals surface area contributed by atoms with Gasteiger partial charge in [0.05, 0.1) is 16.7 Å². The molecule has 0 aromatic heterocycles. The molecule has 142 valence electrons. The summed E-state index contributed by atoms with van der Waals surface area (Å²) in [4.78, 5) is 22.7. The molecule has 0 fully saturated rings. The van der Waals surface area contributed by atoms with Crippen molar-refractivity contribution in [3.8, 4) is 5.75 Å². The van der Waals surface area contributed by atoms with Crippen molar-refractivity contribution < 1.29 is 14.5 Å². The molecule has 1 aliphatic rings. The Morgan fingerprint density at radius 2 is 1.96 bits per heavy atom. The lowest BCUT2D eigenvalue weighted by Gasteiger charge is -2.37. The summed E-state index contributed by atoms with van der Waals surface area (Å²) in [6.07, 6.45) is 0.711. The number of ether oxygens (including phenoxy) is 1. The molecule has 6 nitrogen and oxygen atoms in total. The van der Waals surface area contributed by atoms with Crippen molar-refractivity contribution in [3.05, 3.63) is 69.8 Å². The molecule has 0 aliphatic carbocycles. The lowest BCUT2D eigenvalue weighted by Crippen LogP contribution is -2.41. The molecule has 0 saturated carbocycles. The summed E-state index contributed by atoms with van der Waals surface area (Å²) in [6.45, 7) is 4.04. The molecule has 2 aromatic rings. The number of nitro benzene ring substituents is 1. The Kier molecular flexibility index (Phi) is 5.70. The van der Waals surface area contributed by atoms with Crippen LogP contribution in [-0.2, 0) is 10.5 Å². The minimum absolute atomic E-state index is 0.0283. The lowest BCUT2D eigenvalue weighted by atomic mass is 9.90. The quantitative estimate of drug-likeness (QED) is 0.593. The maximum absolute atomic E-state index is 12.4. The number of thioether (sulfide) groups is 1. The van der Waals surface area contributed by atoms with Gasteiger partial charge in [-0.25, -0.2) is 0 Å². The van der Waals surface area contributed by atoms with Gasteiger partial charge in [0, 0.05) is 29.9 Å². The third kappa shape index (κ3) is 5.01. The number of nitrogens with zero attached hydrogens (tertiary/aromatic N) is 1. The van der Waals surface area contributed by atoms with Gasteiger partial charge in [0.1, 0.15) is 11.4 Å². The number of nitrogens with one attached hydrogen (secondary N) is 1. The van der Waals surface area contributed by atoms with Crippen LogP contribution in [0.15, 0.2) is 48.5 Å². The maximum atomic E-state index is 12.4. The van der Waals surface area contributed by atoms with Crippen LogP contribution in [0.3, 0.4) is 0 Å². The molecule has 27 heavy (non-hydrogen) atoms. The number of benzene rings is 2. The summed E-state index contributed by atoms with van der Waals surface area (Å²) < 4.78 is 5.99. The van der Waals surface area contributed by atoms with E-state index in [1.165, 1.54) is 23.9 Å². The Bertz CT molecular complexity index is 836. The van der Waals surface area contributed by atoms with E-state index in [9.17, 15) is 14.9 Å². The first-order chi connectivity index (χ1) is 12.8. The van der Waals surface area contributed by atoms with Gasteiger partial charge in [0.25, 0.3) is 5.69 Å². The standard InChI is InChI=1S/C20H22N2O4S/c1-20(2)11-17(16-5-3-4-6-18(16)26-20)21-19(23)13-27-12-14-7-9-15(10-8-14)22(24)25/h3-10,17H,11-13H2,1-2H3,(H,21,23). The van der Waals surface area contributed by atoms with Gasteiger partial charge in [-0.15, -0.1) is 11.8 Å². The zero-order chi connectivity index (χ0) is 19.4. The SMILES string of the molecule is CC1(C)CC(NC(=O)CSCc2ccc([N+](=O)[O-])cc2)c2ccccc2O1. The number of hydrogen-bond donors (Lipinski definition) is 1. The molecule has 0 radical (unpaired) electrons. The van der Waals surface area contributed by atoms with Gasteiger partial charge in [-0.3, -0.25) is 14.9 Å². The van der Waals surface area contributed by atoms with E-state index in [1.54, 1.807) is 12.1 Å². The summed E-state index contributed by atoms with van der Waals surface area (Å²) in [5.41, 5.74) is 1.70. The van der Waals surface area contributed by atoms with Gasteiger partial charge >= 0.3 is 0 Å². The summed E-state index contributed by atoms with van der Waals surface area (Å²) >= 11 is 1.49. The highest BCUT2D eigenvalue weighted by Crippen LogP contribution is 2.39. The van der Waals surface area contributed by atoms with E-state index >= 15 is 0 Å². The lowest BCUT2D eigenvalue weighted by molar-refractivity contribution is -0.384. The average Bonchev–Trinajstić information content (AvgIpc) is 2.61. The number of hydrogen-bond acceptors (Lipinski definition) is 5. The number of nitro groups is 1. The Hall–Kier alpha value is -2.54. The third-order valence-electron chi connectivity index (χ3n) is 4.36. The number of non-ortho nitro benzene ring substituents is 1. The van der Waals surface area contributed by atoms with E-state index < -0.39 is 4.92 Å². The fourth-order valence-electron chi connectivity index (χ4n) is 3.14. The molecule has 1 unspecified atom stereocenters. The summed E-state index contributed by atoms with van der Waals surface area (Å²) in [5.74, 6) is 1.75. The van der Waals surface area contributed by atoms with E-state index in [0.29, 0.717) is 17.9 Å². The molecule has 1 heterocycles. The van der Waals surface area contributed by atoms with Gasteiger partial charge in [0.15, 0.2) is 0 Å². The van der Waals surface area contributed by atoms with E-state index in [0.717, 1.165) is 16.9 Å². The van der Waals surface area contributed by atoms with Gasteiger partial charge in [-0.1, -0.05) is 30.3 Å². The van der Waals surface area contributed by atoms with Crippen LogP contribution in [0.25, 0.3) is 0 Å². The van der Waals surface area contributed by atoms with Crippen molar-refractivity contribution in [3.63, 3.8) is 0 Å². The molecule has 1 atom stereocenters. The van der Waals surface area contributed by atoms with Crippen LogP contribution in [0.4, 0.5) is 5.69 Å². The number of para-hydroxylation sites is 1. The smallest absolute Gasteiger partial charge is 0.269 e. The van der Waals surface area contributed by atoms with Gasteiger partial charge in [-0.05, 0) is 25.5 Å². The monoisotopic (exact) mass is 386 g/mol. The van der Waals surface area contributed by atoms with Crippen LogP contribution in [0.1, 0.15) is 37.4 Å². The summed E-state index contributed by atoms with van der Waals surface area (Å²) in [6, 6.07) is 14.1. The van der Waals surface area contributed by atoms with Crippen molar-refractivity contribution in [1.29, 1.82) is 0 Å². The number of carbonyl (C=O) groups excluding carboxylic acids is 1. The van der Waals surface area contributed by atoms with Crippen LogP contribution in [-0.4, -0.2) is 22.2 Å². The molecule has 3 rings (SSSR count). The zero-order valence-corrected chi connectivity index (χ0v) is 16.1. The Balaban J connectivity index is 1.54. The summed E-state index contributed by atoms with van der Waals surface area (Å²) in [7, 11) is 0. The predicted molar refractivity (Wildman–Crippen MR) is 106 cm³/mol. The van der Waals surface area contributed by atoms with Gasteiger partial charge < -0.3 is 10.1 Å². The van der Waals surface area contributed by atoms with E-state index in [2.05, 4.69) is 5.32 Å². The van der Waals surface area contributed by atoms with Crippen LogP contribution < -0.4 is 10.1 Å². The molecule has 0 spiro atoms. The van der Waals surface area contributed by atoms with Crippen molar-refractivity contribution >= 4 is 23.4 Å². The van der Waals surface area contributed by atoms with Crippen LogP contribution in [0.5, 0.6) is 5.75 Å². The van der Waals surface area contributed by atoms with Crippen LogP contribution >= 0.6 is 11.8 Å². The summed E-state index contributed by atoms with van der Waals surface area (Å²) in [5, 5.41) is 13.8. The molecule has 1 N–H and O–H groups in total. The van der Waals surface area contributed by atoms with Gasteiger partial charge in [-0.2, -0.15) is 0 Å². The fraction of sp³-hybridized carbons (Fsp3) is 0.350. The number of fused-ring (bicyclic) bond motifs is 1. The van der Waals surface area contributed by atoms with E-state index in [1.807, 2.05) is 38.1 Å². The van der Waals surface area contributed by atoms with Gasteiger partial charge in [0.2, 0.25) is 5.91 Å². The molecule has 1 amide bonds.